The summed E-state index contributed by atoms with van der Waals surface area (Å²) in [5.41, 5.74) is 6.66. The largest absolute Gasteiger partial charge is 0.346 e. The van der Waals surface area contributed by atoms with Gasteiger partial charge in [0.2, 0.25) is 5.91 Å². The minimum Gasteiger partial charge on any atom is -0.346 e. The maximum atomic E-state index is 12.7. The Bertz CT molecular complexity index is 630. The summed E-state index contributed by atoms with van der Waals surface area (Å²) in [7, 11) is 0. The van der Waals surface area contributed by atoms with Crippen LogP contribution >= 0.6 is 12.4 Å². The molecule has 5 nitrogen and oxygen atoms in total. The highest BCUT2D eigenvalue weighted by molar-refractivity contribution is 5.98. The van der Waals surface area contributed by atoms with Gasteiger partial charge in [-0.1, -0.05) is 39.2 Å². The van der Waals surface area contributed by atoms with Crippen molar-refractivity contribution in [1.29, 1.82) is 0 Å². The van der Waals surface area contributed by atoms with E-state index < -0.39 is 5.54 Å². The molecule has 1 aromatic carbocycles. The maximum absolute atomic E-state index is 12.7. The van der Waals surface area contributed by atoms with Crippen LogP contribution in [0.25, 0.3) is 0 Å². The van der Waals surface area contributed by atoms with Gasteiger partial charge in [-0.15, -0.1) is 12.4 Å². The minimum absolute atomic E-state index is 0. The molecule has 0 aliphatic heterocycles. The smallest absolute Gasteiger partial charge is 0.251 e. The summed E-state index contributed by atoms with van der Waals surface area (Å²) in [6.07, 6.45) is 6.18. The quantitative estimate of drug-likeness (QED) is 0.649. The van der Waals surface area contributed by atoms with Crippen LogP contribution in [0.2, 0.25) is 0 Å². The topological polar surface area (TPSA) is 84.2 Å². The summed E-state index contributed by atoms with van der Waals surface area (Å²) in [4.78, 5) is 25.1. The Morgan fingerprint density at radius 2 is 1.89 bits per heavy atom. The van der Waals surface area contributed by atoms with Crippen molar-refractivity contribution < 1.29 is 9.59 Å². The normalized spacial score (nSPS) is 16.9. The van der Waals surface area contributed by atoms with Gasteiger partial charge in [0.05, 0.1) is 0 Å². The first kappa shape index (κ1) is 23.4. The zero-order valence-electron chi connectivity index (χ0n) is 16.7. The number of nitrogens with two attached hydrogens (primary N) is 1. The third-order valence-electron chi connectivity index (χ3n) is 5.09. The molecule has 0 spiro atoms. The molecule has 152 valence electrons. The molecule has 27 heavy (non-hydrogen) atoms. The van der Waals surface area contributed by atoms with Gasteiger partial charge < -0.3 is 16.4 Å². The predicted octanol–water partition coefficient (Wildman–Crippen LogP) is 4.12. The van der Waals surface area contributed by atoms with Crippen LogP contribution in [0.5, 0.6) is 0 Å². The average molecular weight is 396 g/mol. The Morgan fingerprint density at radius 3 is 2.48 bits per heavy atom. The molecule has 1 unspecified atom stereocenters. The molecule has 2 rings (SSSR count). The second-order valence-corrected chi connectivity index (χ2v) is 8.22. The summed E-state index contributed by atoms with van der Waals surface area (Å²) >= 11 is 0. The molecular weight excluding hydrogens is 362 g/mol. The highest BCUT2D eigenvalue weighted by atomic mass is 35.5. The monoisotopic (exact) mass is 395 g/mol. The van der Waals surface area contributed by atoms with Gasteiger partial charge in [-0.05, 0) is 50.3 Å². The fourth-order valence-electron chi connectivity index (χ4n) is 3.78. The number of rotatable bonds is 7. The number of hydrogen-bond donors (Lipinski definition) is 3. The molecular formula is C21H34ClN3O2. The average Bonchev–Trinajstić information content (AvgIpc) is 2.62. The summed E-state index contributed by atoms with van der Waals surface area (Å²) < 4.78 is 0. The lowest BCUT2D eigenvalue weighted by Gasteiger charge is -2.31. The highest BCUT2D eigenvalue weighted by Gasteiger charge is 2.26. The van der Waals surface area contributed by atoms with Gasteiger partial charge in [-0.3, -0.25) is 9.59 Å². The number of nitrogens with one attached hydrogen (secondary N) is 2. The van der Waals surface area contributed by atoms with Crippen LogP contribution in [-0.4, -0.2) is 23.9 Å². The van der Waals surface area contributed by atoms with E-state index in [1.165, 1.54) is 6.42 Å². The lowest BCUT2D eigenvalue weighted by atomic mass is 9.88. The highest BCUT2D eigenvalue weighted by Crippen LogP contribution is 2.25. The van der Waals surface area contributed by atoms with Crippen LogP contribution in [0.1, 0.15) is 69.7 Å². The van der Waals surface area contributed by atoms with Gasteiger partial charge in [0.15, 0.2) is 0 Å². The van der Waals surface area contributed by atoms with E-state index in [-0.39, 0.29) is 30.1 Å². The van der Waals surface area contributed by atoms with Crippen molar-refractivity contribution in [3.63, 3.8) is 0 Å². The molecule has 1 aliphatic rings. The number of anilines is 1. The summed E-state index contributed by atoms with van der Waals surface area (Å²) in [5, 5.41) is 6.03. The van der Waals surface area contributed by atoms with Crippen molar-refractivity contribution in [1.82, 2.24) is 5.32 Å². The van der Waals surface area contributed by atoms with Crippen LogP contribution in [-0.2, 0) is 4.79 Å². The fourth-order valence-corrected chi connectivity index (χ4v) is 3.78. The van der Waals surface area contributed by atoms with E-state index in [1.54, 1.807) is 18.2 Å². The van der Waals surface area contributed by atoms with Crippen LogP contribution in [0.4, 0.5) is 5.69 Å². The summed E-state index contributed by atoms with van der Waals surface area (Å²) in [5.74, 6) is 0.430. The Kier molecular flexibility index (Phi) is 9.27. The van der Waals surface area contributed by atoms with E-state index in [4.69, 9.17) is 5.73 Å². The van der Waals surface area contributed by atoms with E-state index in [2.05, 4.69) is 24.5 Å². The van der Waals surface area contributed by atoms with Crippen molar-refractivity contribution >= 4 is 29.9 Å². The predicted molar refractivity (Wildman–Crippen MR) is 113 cm³/mol. The Hall–Kier alpha value is -1.59. The molecule has 0 radical (unpaired) electrons. The Morgan fingerprint density at radius 1 is 1.22 bits per heavy atom. The zero-order valence-corrected chi connectivity index (χ0v) is 17.5. The SMILES string of the molecule is CC(C)CC(C)(CN)NC(=O)c1cccc(NC(=O)C2CCCCC2)c1.Cl. The van der Waals surface area contributed by atoms with Crippen molar-refractivity contribution in [2.45, 2.75) is 64.8 Å². The molecule has 1 saturated carbocycles. The van der Waals surface area contributed by atoms with Crippen LogP contribution in [0, 0.1) is 11.8 Å². The van der Waals surface area contributed by atoms with Gasteiger partial charge in [-0.25, -0.2) is 0 Å². The van der Waals surface area contributed by atoms with E-state index in [0.717, 1.165) is 32.1 Å². The van der Waals surface area contributed by atoms with Crippen LogP contribution in [0.3, 0.4) is 0 Å². The van der Waals surface area contributed by atoms with E-state index >= 15 is 0 Å². The van der Waals surface area contributed by atoms with Crippen LogP contribution < -0.4 is 16.4 Å². The van der Waals surface area contributed by atoms with Gasteiger partial charge in [-0.2, -0.15) is 0 Å². The Labute approximate surface area is 169 Å². The second kappa shape index (κ2) is 10.7. The maximum Gasteiger partial charge on any atom is 0.251 e. The molecule has 1 aromatic rings. The number of carbonyl (C=O) groups excluding carboxylic acids is 2. The fraction of sp³-hybridized carbons (Fsp3) is 0.619. The molecule has 0 bridgehead atoms. The molecule has 1 atom stereocenters. The molecule has 6 heteroatoms. The molecule has 0 aromatic heterocycles. The molecule has 1 aliphatic carbocycles. The van der Waals surface area contributed by atoms with E-state index in [0.29, 0.717) is 23.7 Å². The third kappa shape index (κ3) is 7.15. The molecule has 1 fully saturated rings. The Balaban J connectivity index is 0.00000364. The molecule has 0 saturated heterocycles. The first-order valence-corrected chi connectivity index (χ1v) is 9.76. The first-order chi connectivity index (χ1) is 12.3. The van der Waals surface area contributed by atoms with Crippen molar-refractivity contribution in [3.05, 3.63) is 29.8 Å². The number of carbonyl (C=O) groups is 2. The molecule has 4 N–H and O–H groups in total. The molecule has 2 amide bonds. The lowest BCUT2D eigenvalue weighted by Crippen LogP contribution is -2.52. The van der Waals surface area contributed by atoms with Gasteiger partial charge >= 0.3 is 0 Å². The summed E-state index contributed by atoms with van der Waals surface area (Å²) in [6, 6.07) is 7.13. The molecule has 0 heterocycles. The van der Waals surface area contributed by atoms with Gasteiger partial charge in [0, 0.05) is 29.3 Å². The van der Waals surface area contributed by atoms with Crippen molar-refractivity contribution in [2.24, 2.45) is 17.6 Å². The number of benzene rings is 1. The second-order valence-electron chi connectivity index (χ2n) is 8.22. The number of halogens is 1. The standard InChI is InChI=1S/C21H33N3O2.ClH/c1-15(2)13-21(3,14-22)24-20(26)17-10-7-11-18(12-17)23-19(25)16-8-5-4-6-9-16;/h7,10-12,15-16H,4-6,8-9,13-14,22H2,1-3H3,(H,23,25)(H,24,26);1H. The minimum atomic E-state index is -0.438. The van der Waals surface area contributed by atoms with Crippen LogP contribution in [0.15, 0.2) is 24.3 Å². The van der Waals surface area contributed by atoms with Crippen molar-refractivity contribution in [2.75, 3.05) is 11.9 Å². The summed E-state index contributed by atoms with van der Waals surface area (Å²) in [6.45, 7) is 6.58. The van der Waals surface area contributed by atoms with Gasteiger partial charge in [0.25, 0.3) is 5.91 Å². The van der Waals surface area contributed by atoms with Gasteiger partial charge in [0.1, 0.15) is 0 Å². The number of hydrogen-bond acceptors (Lipinski definition) is 3. The first-order valence-electron chi connectivity index (χ1n) is 9.76. The number of amides is 2. The zero-order chi connectivity index (χ0) is 19.2. The lowest BCUT2D eigenvalue weighted by molar-refractivity contribution is -0.120. The third-order valence-corrected chi connectivity index (χ3v) is 5.09. The van der Waals surface area contributed by atoms with Crippen molar-refractivity contribution in [3.8, 4) is 0 Å². The van der Waals surface area contributed by atoms with E-state index in [1.807, 2.05) is 13.0 Å². The van der Waals surface area contributed by atoms with E-state index in [9.17, 15) is 9.59 Å².